The summed E-state index contributed by atoms with van der Waals surface area (Å²) in [7, 11) is 0. The van der Waals surface area contributed by atoms with Gasteiger partial charge in [0.2, 0.25) is 0 Å². The zero-order chi connectivity index (χ0) is 19.1. The van der Waals surface area contributed by atoms with Crippen LogP contribution in [0.15, 0.2) is 29.3 Å². The van der Waals surface area contributed by atoms with Crippen molar-refractivity contribution in [2.24, 2.45) is 10.9 Å². The summed E-state index contributed by atoms with van der Waals surface area (Å²) in [6.07, 6.45) is 2.64. The number of rotatable bonds is 6. The fraction of sp³-hybridized carbons (Fsp3) is 0.682. The standard InChI is InChI=1S/C22H36N4O/c1-4-11-25-12-10-19(16-25)15-24-22(23-5-2)26-13-14-27-21(17-26)20-9-7-6-8-18(20)3/h6-9,19,21H,4-5,10-17H2,1-3H3,(H,23,24). The van der Waals surface area contributed by atoms with E-state index >= 15 is 0 Å². The maximum absolute atomic E-state index is 6.09. The second-order valence-corrected chi connectivity index (χ2v) is 7.81. The van der Waals surface area contributed by atoms with Gasteiger partial charge in [-0.25, -0.2) is 0 Å². The van der Waals surface area contributed by atoms with Crippen molar-refractivity contribution in [2.75, 3.05) is 52.4 Å². The van der Waals surface area contributed by atoms with E-state index in [1.807, 2.05) is 0 Å². The molecule has 1 aromatic carbocycles. The molecule has 0 aromatic heterocycles. The Hall–Kier alpha value is -1.59. The van der Waals surface area contributed by atoms with Crippen LogP contribution in [0, 0.1) is 12.8 Å². The third-order valence-corrected chi connectivity index (χ3v) is 5.65. The largest absolute Gasteiger partial charge is 0.370 e. The summed E-state index contributed by atoms with van der Waals surface area (Å²) in [5, 5.41) is 3.51. The highest BCUT2D eigenvalue weighted by molar-refractivity contribution is 5.80. The first-order chi connectivity index (χ1) is 13.2. The summed E-state index contributed by atoms with van der Waals surface area (Å²) < 4.78 is 6.09. The molecule has 0 spiro atoms. The Morgan fingerprint density at radius 2 is 2.07 bits per heavy atom. The number of morpholine rings is 1. The van der Waals surface area contributed by atoms with Crippen molar-refractivity contribution in [1.82, 2.24) is 15.1 Å². The number of hydrogen-bond acceptors (Lipinski definition) is 3. The Morgan fingerprint density at radius 1 is 1.22 bits per heavy atom. The van der Waals surface area contributed by atoms with Crippen molar-refractivity contribution in [3.05, 3.63) is 35.4 Å². The molecule has 0 amide bonds. The van der Waals surface area contributed by atoms with E-state index in [0.717, 1.165) is 38.7 Å². The SMILES string of the molecule is CCCN1CCC(CN=C(NCC)N2CCOC(c3ccccc3C)C2)C1. The van der Waals surface area contributed by atoms with Gasteiger partial charge in [-0.05, 0) is 56.8 Å². The quantitative estimate of drug-likeness (QED) is 0.615. The van der Waals surface area contributed by atoms with E-state index < -0.39 is 0 Å². The highest BCUT2D eigenvalue weighted by Gasteiger charge is 2.26. The summed E-state index contributed by atoms with van der Waals surface area (Å²) in [5.74, 6) is 1.74. The van der Waals surface area contributed by atoms with Crippen LogP contribution in [0.25, 0.3) is 0 Å². The molecule has 0 saturated carbocycles. The van der Waals surface area contributed by atoms with Crippen molar-refractivity contribution in [3.63, 3.8) is 0 Å². The van der Waals surface area contributed by atoms with Gasteiger partial charge >= 0.3 is 0 Å². The van der Waals surface area contributed by atoms with Crippen LogP contribution in [0.5, 0.6) is 0 Å². The lowest BCUT2D eigenvalue weighted by Gasteiger charge is -2.36. The Morgan fingerprint density at radius 3 is 2.85 bits per heavy atom. The van der Waals surface area contributed by atoms with Gasteiger partial charge in [0, 0.05) is 26.2 Å². The third kappa shape index (κ3) is 5.45. The van der Waals surface area contributed by atoms with Crippen LogP contribution in [-0.2, 0) is 4.74 Å². The molecule has 0 bridgehead atoms. The van der Waals surface area contributed by atoms with Gasteiger partial charge in [-0.15, -0.1) is 0 Å². The summed E-state index contributed by atoms with van der Waals surface area (Å²) in [6, 6.07) is 8.55. The Balaban J connectivity index is 1.62. The van der Waals surface area contributed by atoms with Crippen LogP contribution in [0.3, 0.4) is 0 Å². The van der Waals surface area contributed by atoms with Gasteiger partial charge < -0.3 is 19.9 Å². The number of ether oxygens (including phenoxy) is 1. The van der Waals surface area contributed by atoms with E-state index in [9.17, 15) is 0 Å². The normalized spacial score (nSPS) is 24.4. The van der Waals surface area contributed by atoms with Crippen molar-refractivity contribution in [1.29, 1.82) is 0 Å². The first-order valence-corrected chi connectivity index (χ1v) is 10.6. The molecular weight excluding hydrogens is 336 g/mol. The Labute approximate surface area is 164 Å². The Bertz CT molecular complexity index is 618. The van der Waals surface area contributed by atoms with Gasteiger partial charge in [-0.2, -0.15) is 0 Å². The molecule has 0 aliphatic carbocycles. The first-order valence-electron chi connectivity index (χ1n) is 10.6. The van der Waals surface area contributed by atoms with Crippen LogP contribution in [0.1, 0.15) is 43.9 Å². The average molecular weight is 373 g/mol. The lowest BCUT2D eigenvalue weighted by molar-refractivity contribution is -0.00834. The molecule has 5 heteroatoms. The van der Waals surface area contributed by atoms with Crippen LogP contribution in [0.4, 0.5) is 0 Å². The molecule has 2 aliphatic rings. The molecule has 2 aliphatic heterocycles. The van der Waals surface area contributed by atoms with Gasteiger partial charge in [0.05, 0.1) is 13.2 Å². The minimum atomic E-state index is 0.121. The fourth-order valence-corrected chi connectivity index (χ4v) is 4.20. The van der Waals surface area contributed by atoms with Crippen molar-refractivity contribution >= 4 is 5.96 Å². The second-order valence-electron chi connectivity index (χ2n) is 7.81. The molecule has 5 nitrogen and oxygen atoms in total. The molecule has 1 N–H and O–H groups in total. The number of nitrogens with one attached hydrogen (secondary N) is 1. The van der Waals surface area contributed by atoms with E-state index in [4.69, 9.17) is 9.73 Å². The predicted molar refractivity (Wildman–Crippen MR) is 112 cm³/mol. The first kappa shape index (κ1) is 20.2. The van der Waals surface area contributed by atoms with Gasteiger partial charge in [0.15, 0.2) is 5.96 Å². The summed E-state index contributed by atoms with van der Waals surface area (Å²) >= 11 is 0. The highest BCUT2D eigenvalue weighted by atomic mass is 16.5. The molecule has 2 unspecified atom stereocenters. The smallest absolute Gasteiger partial charge is 0.194 e. The number of hydrogen-bond donors (Lipinski definition) is 1. The zero-order valence-electron chi connectivity index (χ0n) is 17.3. The van der Waals surface area contributed by atoms with Crippen LogP contribution in [-0.4, -0.2) is 68.2 Å². The fourth-order valence-electron chi connectivity index (χ4n) is 4.20. The van der Waals surface area contributed by atoms with Crippen molar-refractivity contribution in [2.45, 2.75) is 39.7 Å². The van der Waals surface area contributed by atoms with Crippen LogP contribution in [0.2, 0.25) is 0 Å². The van der Waals surface area contributed by atoms with E-state index in [1.165, 1.54) is 43.6 Å². The third-order valence-electron chi connectivity index (χ3n) is 5.65. The molecule has 0 radical (unpaired) electrons. The molecule has 2 saturated heterocycles. The number of likely N-dealkylation sites (tertiary alicyclic amines) is 1. The molecule has 2 fully saturated rings. The van der Waals surface area contributed by atoms with Crippen LogP contribution < -0.4 is 5.32 Å². The lowest BCUT2D eigenvalue weighted by Crippen LogP contribution is -2.48. The van der Waals surface area contributed by atoms with E-state index in [0.29, 0.717) is 5.92 Å². The Kier molecular flexibility index (Phi) is 7.53. The second kappa shape index (κ2) is 10.1. The number of aryl methyl sites for hydroxylation is 1. The monoisotopic (exact) mass is 372 g/mol. The molecule has 150 valence electrons. The molecule has 3 rings (SSSR count). The predicted octanol–water partition coefficient (Wildman–Crippen LogP) is 3.07. The molecule has 27 heavy (non-hydrogen) atoms. The molecule has 2 heterocycles. The number of guanidine groups is 1. The lowest BCUT2D eigenvalue weighted by atomic mass is 10.0. The molecular formula is C22H36N4O. The van der Waals surface area contributed by atoms with E-state index in [2.05, 4.69) is 60.2 Å². The molecule has 1 aromatic rings. The minimum Gasteiger partial charge on any atom is -0.370 e. The number of aliphatic imine (C=N–C) groups is 1. The van der Waals surface area contributed by atoms with E-state index in [-0.39, 0.29) is 6.10 Å². The number of benzene rings is 1. The van der Waals surface area contributed by atoms with Gasteiger partial charge in [-0.1, -0.05) is 31.2 Å². The zero-order valence-corrected chi connectivity index (χ0v) is 17.3. The van der Waals surface area contributed by atoms with Crippen molar-refractivity contribution < 1.29 is 4.74 Å². The minimum absolute atomic E-state index is 0.121. The summed E-state index contributed by atoms with van der Waals surface area (Å²) in [6.45, 7) is 14.6. The topological polar surface area (TPSA) is 40.1 Å². The van der Waals surface area contributed by atoms with Crippen LogP contribution >= 0.6 is 0 Å². The van der Waals surface area contributed by atoms with E-state index in [1.54, 1.807) is 0 Å². The number of nitrogens with zero attached hydrogens (tertiary/aromatic N) is 3. The summed E-state index contributed by atoms with van der Waals surface area (Å²) in [4.78, 5) is 9.97. The maximum Gasteiger partial charge on any atom is 0.194 e. The van der Waals surface area contributed by atoms with Crippen molar-refractivity contribution in [3.8, 4) is 0 Å². The van der Waals surface area contributed by atoms with Gasteiger partial charge in [0.25, 0.3) is 0 Å². The van der Waals surface area contributed by atoms with Gasteiger partial charge in [-0.3, -0.25) is 4.99 Å². The maximum atomic E-state index is 6.09. The molecule has 2 atom stereocenters. The average Bonchev–Trinajstić information content (AvgIpc) is 3.13. The van der Waals surface area contributed by atoms with Gasteiger partial charge in [0.1, 0.15) is 6.10 Å². The highest BCUT2D eigenvalue weighted by Crippen LogP contribution is 2.25. The summed E-state index contributed by atoms with van der Waals surface area (Å²) in [5.41, 5.74) is 2.59.